The van der Waals surface area contributed by atoms with E-state index in [1.165, 1.54) is 43.1 Å². The van der Waals surface area contributed by atoms with Gasteiger partial charge in [0.2, 0.25) is 5.69 Å². The SMILES string of the molecule is COc1cn(-c2ccccc2)nc1C(=O)O[C@@H](C)C(=O)Nc1ccccc1[N+](=O)[O-]. The van der Waals surface area contributed by atoms with Gasteiger partial charge in [0.15, 0.2) is 11.9 Å². The number of carbonyl (C=O) groups excluding carboxylic acids is 2. The highest BCUT2D eigenvalue weighted by atomic mass is 16.6. The molecule has 10 heteroatoms. The van der Waals surface area contributed by atoms with Crippen molar-refractivity contribution in [1.82, 2.24) is 9.78 Å². The van der Waals surface area contributed by atoms with Crippen molar-refractivity contribution in [2.45, 2.75) is 13.0 Å². The smallest absolute Gasteiger partial charge is 0.363 e. The van der Waals surface area contributed by atoms with Crippen molar-refractivity contribution in [2.24, 2.45) is 0 Å². The lowest BCUT2D eigenvalue weighted by molar-refractivity contribution is -0.383. The molecule has 0 bridgehead atoms. The van der Waals surface area contributed by atoms with Crippen molar-refractivity contribution in [1.29, 1.82) is 0 Å². The molecule has 10 nitrogen and oxygen atoms in total. The fourth-order valence-electron chi connectivity index (χ4n) is 2.60. The first-order valence-electron chi connectivity index (χ1n) is 8.85. The minimum Gasteiger partial charge on any atom is -0.493 e. The summed E-state index contributed by atoms with van der Waals surface area (Å²) in [5, 5.41) is 17.6. The molecule has 1 amide bonds. The van der Waals surface area contributed by atoms with Crippen molar-refractivity contribution in [3.63, 3.8) is 0 Å². The average Bonchev–Trinajstić information content (AvgIpc) is 3.19. The topological polar surface area (TPSA) is 126 Å². The molecule has 0 radical (unpaired) electrons. The number of esters is 1. The molecule has 3 rings (SSSR count). The Kier molecular flexibility index (Phi) is 6.06. The third kappa shape index (κ3) is 4.43. The number of hydrogen-bond acceptors (Lipinski definition) is 7. The normalized spacial score (nSPS) is 11.4. The molecular formula is C20H18N4O6. The molecule has 1 heterocycles. The quantitative estimate of drug-likeness (QED) is 0.360. The van der Waals surface area contributed by atoms with E-state index in [1.54, 1.807) is 18.2 Å². The molecular weight excluding hydrogens is 392 g/mol. The first-order chi connectivity index (χ1) is 14.4. The van der Waals surface area contributed by atoms with Crippen LogP contribution in [0, 0.1) is 10.1 Å². The molecule has 0 saturated carbocycles. The van der Waals surface area contributed by atoms with Crippen molar-refractivity contribution in [3.8, 4) is 11.4 Å². The highest BCUT2D eigenvalue weighted by Crippen LogP contribution is 2.24. The number of para-hydroxylation sites is 3. The minimum atomic E-state index is -1.23. The number of benzene rings is 2. The fourth-order valence-corrected chi connectivity index (χ4v) is 2.60. The summed E-state index contributed by atoms with van der Waals surface area (Å²) in [6.45, 7) is 1.35. The summed E-state index contributed by atoms with van der Waals surface area (Å²) >= 11 is 0. The van der Waals surface area contributed by atoms with E-state index in [-0.39, 0.29) is 22.8 Å². The first-order valence-corrected chi connectivity index (χ1v) is 8.85. The molecule has 0 aliphatic carbocycles. The number of rotatable bonds is 7. The van der Waals surface area contributed by atoms with Crippen LogP contribution in [0.4, 0.5) is 11.4 Å². The first kappa shape index (κ1) is 20.5. The van der Waals surface area contributed by atoms with Gasteiger partial charge in [-0.15, -0.1) is 0 Å². The van der Waals surface area contributed by atoms with Crippen LogP contribution in [0.15, 0.2) is 60.8 Å². The van der Waals surface area contributed by atoms with Gasteiger partial charge in [0.25, 0.3) is 11.6 Å². The number of nitrogens with one attached hydrogen (secondary N) is 1. The Bertz CT molecular complexity index is 1080. The number of hydrogen-bond donors (Lipinski definition) is 1. The second kappa shape index (κ2) is 8.86. The summed E-state index contributed by atoms with van der Waals surface area (Å²) < 4.78 is 11.8. The predicted molar refractivity (Wildman–Crippen MR) is 107 cm³/mol. The van der Waals surface area contributed by atoms with Crippen molar-refractivity contribution in [2.75, 3.05) is 12.4 Å². The molecule has 0 saturated heterocycles. The summed E-state index contributed by atoms with van der Waals surface area (Å²) in [5.74, 6) is -1.42. The van der Waals surface area contributed by atoms with Gasteiger partial charge in [-0.3, -0.25) is 14.9 Å². The maximum Gasteiger partial charge on any atom is 0.363 e. The third-order valence-corrected chi connectivity index (χ3v) is 4.13. The Morgan fingerprint density at radius 1 is 1.13 bits per heavy atom. The highest BCUT2D eigenvalue weighted by Gasteiger charge is 2.26. The fraction of sp³-hybridized carbons (Fsp3) is 0.150. The van der Waals surface area contributed by atoms with Gasteiger partial charge < -0.3 is 14.8 Å². The van der Waals surface area contributed by atoms with Crippen LogP contribution >= 0.6 is 0 Å². The van der Waals surface area contributed by atoms with Gasteiger partial charge in [-0.05, 0) is 25.1 Å². The molecule has 1 N–H and O–H groups in total. The van der Waals surface area contributed by atoms with Crippen LogP contribution in [0.3, 0.4) is 0 Å². The van der Waals surface area contributed by atoms with Crippen LogP contribution in [-0.4, -0.2) is 39.8 Å². The van der Waals surface area contributed by atoms with Crippen molar-refractivity contribution >= 4 is 23.3 Å². The largest absolute Gasteiger partial charge is 0.493 e. The number of aromatic nitrogens is 2. The van der Waals surface area contributed by atoms with Crippen LogP contribution in [0.5, 0.6) is 5.75 Å². The Morgan fingerprint density at radius 3 is 2.47 bits per heavy atom. The minimum absolute atomic E-state index is 0.00124. The monoisotopic (exact) mass is 410 g/mol. The zero-order valence-electron chi connectivity index (χ0n) is 16.1. The molecule has 1 atom stereocenters. The summed E-state index contributed by atoms with van der Waals surface area (Å²) in [4.78, 5) is 35.4. The van der Waals surface area contributed by atoms with Crippen molar-refractivity contribution in [3.05, 3.63) is 76.6 Å². The third-order valence-electron chi connectivity index (χ3n) is 4.13. The molecule has 0 aliphatic rings. The predicted octanol–water partition coefficient (Wildman–Crippen LogP) is 2.97. The van der Waals surface area contributed by atoms with Gasteiger partial charge in [0.05, 0.1) is 23.9 Å². The number of nitro benzene ring substituents is 1. The van der Waals surface area contributed by atoms with Gasteiger partial charge in [-0.1, -0.05) is 30.3 Å². The zero-order chi connectivity index (χ0) is 21.7. The summed E-state index contributed by atoms with van der Waals surface area (Å²) in [6.07, 6.45) is 0.285. The second-order valence-corrected chi connectivity index (χ2v) is 6.14. The highest BCUT2D eigenvalue weighted by molar-refractivity contribution is 5.98. The Hall–Kier alpha value is -4.21. The van der Waals surface area contributed by atoms with E-state index < -0.39 is 22.9 Å². The zero-order valence-corrected chi connectivity index (χ0v) is 16.1. The van der Waals surface area contributed by atoms with E-state index >= 15 is 0 Å². The van der Waals surface area contributed by atoms with Crippen LogP contribution in [-0.2, 0) is 9.53 Å². The van der Waals surface area contributed by atoms with Crippen LogP contribution < -0.4 is 10.1 Å². The van der Waals surface area contributed by atoms with Gasteiger partial charge >= 0.3 is 5.97 Å². The van der Waals surface area contributed by atoms with Gasteiger partial charge in [0.1, 0.15) is 5.69 Å². The standard InChI is InChI=1S/C20H18N4O6/c1-13(19(25)21-15-10-6-7-11-16(15)24(27)28)30-20(26)18-17(29-2)12-23(22-18)14-8-4-3-5-9-14/h3-13H,1-2H3,(H,21,25)/t13-/m0/s1. The number of nitrogens with zero attached hydrogens (tertiary/aromatic N) is 3. The number of nitro groups is 1. The summed E-state index contributed by atoms with van der Waals surface area (Å²) in [7, 11) is 1.38. The van der Waals surface area contributed by atoms with E-state index in [1.807, 2.05) is 18.2 Å². The van der Waals surface area contributed by atoms with E-state index in [0.717, 1.165) is 0 Å². The Labute approximate surface area is 171 Å². The number of carbonyl (C=O) groups is 2. The van der Waals surface area contributed by atoms with Crippen LogP contribution in [0.1, 0.15) is 17.4 Å². The van der Waals surface area contributed by atoms with Crippen LogP contribution in [0.2, 0.25) is 0 Å². The number of methoxy groups -OCH3 is 1. The van der Waals surface area contributed by atoms with Gasteiger partial charge in [-0.2, -0.15) is 5.10 Å². The van der Waals surface area contributed by atoms with Crippen molar-refractivity contribution < 1.29 is 24.0 Å². The lowest BCUT2D eigenvalue weighted by atomic mass is 10.2. The van der Waals surface area contributed by atoms with E-state index in [0.29, 0.717) is 5.69 Å². The molecule has 0 fully saturated rings. The molecule has 1 aromatic heterocycles. The molecule has 0 unspecified atom stereocenters. The van der Waals surface area contributed by atoms with Gasteiger partial charge in [-0.25, -0.2) is 9.48 Å². The number of ether oxygens (including phenoxy) is 2. The Morgan fingerprint density at radius 2 is 1.80 bits per heavy atom. The maximum atomic E-state index is 12.5. The molecule has 0 aliphatic heterocycles. The van der Waals surface area contributed by atoms with E-state index in [9.17, 15) is 19.7 Å². The molecule has 0 spiro atoms. The molecule has 154 valence electrons. The summed E-state index contributed by atoms with van der Waals surface area (Å²) in [5.41, 5.74) is 0.331. The second-order valence-electron chi connectivity index (χ2n) is 6.14. The lowest BCUT2D eigenvalue weighted by Gasteiger charge is -2.13. The number of anilines is 1. The van der Waals surface area contributed by atoms with Gasteiger partial charge in [0, 0.05) is 6.07 Å². The van der Waals surface area contributed by atoms with E-state index in [4.69, 9.17) is 9.47 Å². The Balaban J connectivity index is 1.73. The molecule has 2 aromatic carbocycles. The number of amides is 1. The average molecular weight is 410 g/mol. The molecule has 3 aromatic rings. The molecule has 30 heavy (non-hydrogen) atoms. The summed E-state index contributed by atoms with van der Waals surface area (Å²) in [6, 6.07) is 14.7. The lowest BCUT2D eigenvalue weighted by Crippen LogP contribution is -2.30. The van der Waals surface area contributed by atoms with E-state index in [2.05, 4.69) is 10.4 Å². The van der Waals surface area contributed by atoms with Crippen LogP contribution in [0.25, 0.3) is 5.69 Å². The maximum absolute atomic E-state index is 12.5.